The minimum Gasteiger partial charge on any atom is -0.387 e. The summed E-state index contributed by atoms with van der Waals surface area (Å²) in [5, 5.41) is 13.9. The summed E-state index contributed by atoms with van der Waals surface area (Å²) >= 11 is 0. The molecule has 0 fully saturated rings. The second kappa shape index (κ2) is 51.1. The summed E-state index contributed by atoms with van der Waals surface area (Å²) in [6, 6.07) is -0.855. The Balaban J connectivity index is 4.14. The normalized spacial score (nSPS) is 14.8. The number of nitrogens with zero attached hydrogens (tertiary/aromatic N) is 1. The zero-order valence-electron chi connectivity index (χ0n) is 45.7. The van der Waals surface area contributed by atoms with E-state index in [2.05, 4.69) is 116 Å². The maximum atomic E-state index is 12.9. The van der Waals surface area contributed by atoms with Crippen LogP contribution in [0.15, 0.2) is 109 Å². The second-order valence-corrected chi connectivity index (χ2v) is 21.4. The van der Waals surface area contributed by atoms with Crippen LogP contribution in [0.5, 0.6) is 0 Å². The van der Waals surface area contributed by atoms with Crippen molar-refractivity contribution < 1.29 is 32.9 Å². The molecule has 0 saturated heterocycles. The van der Waals surface area contributed by atoms with Gasteiger partial charge in [-0.2, -0.15) is 0 Å². The zero-order valence-corrected chi connectivity index (χ0v) is 46.6. The van der Waals surface area contributed by atoms with Crippen LogP contribution >= 0.6 is 7.82 Å². The third kappa shape index (κ3) is 53.0. The van der Waals surface area contributed by atoms with Gasteiger partial charge in [-0.05, 0) is 83.5 Å². The Labute approximate surface area is 431 Å². The minimum atomic E-state index is -4.35. The van der Waals surface area contributed by atoms with E-state index < -0.39 is 20.0 Å². The van der Waals surface area contributed by atoms with Crippen LogP contribution in [0.2, 0.25) is 0 Å². The van der Waals surface area contributed by atoms with Crippen molar-refractivity contribution in [1.82, 2.24) is 5.32 Å². The summed E-state index contributed by atoms with van der Waals surface area (Å²) in [4.78, 5) is 23.2. The van der Waals surface area contributed by atoms with Gasteiger partial charge in [0.2, 0.25) is 5.91 Å². The summed E-state index contributed by atoms with van der Waals surface area (Å²) in [6.45, 7) is 4.68. The third-order valence-corrected chi connectivity index (χ3v) is 13.0. The predicted molar refractivity (Wildman–Crippen MR) is 304 cm³/mol. The lowest BCUT2D eigenvalue weighted by Gasteiger charge is -2.25. The Morgan fingerprint density at radius 3 is 1.26 bits per heavy atom. The van der Waals surface area contributed by atoms with Crippen molar-refractivity contribution in [3.05, 3.63) is 109 Å². The van der Waals surface area contributed by atoms with Gasteiger partial charge in [0.1, 0.15) is 13.2 Å². The number of quaternary nitrogens is 1. The molecule has 0 aliphatic carbocycles. The quantitative estimate of drug-likeness (QED) is 0.0243. The maximum absolute atomic E-state index is 12.9. The molecule has 0 saturated carbocycles. The Morgan fingerprint density at radius 2 is 0.857 bits per heavy atom. The van der Waals surface area contributed by atoms with E-state index in [-0.39, 0.29) is 19.1 Å². The van der Waals surface area contributed by atoms with E-state index >= 15 is 0 Å². The highest BCUT2D eigenvalue weighted by atomic mass is 31.2. The van der Waals surface area contributed by atoms with Crippen LogP contribution in [0.3, 0.4) is 0 Å². The highest BCUT2D eigenvalue weighted by Crippen LogP contribution is 2.43. The smallest absolute Gasteiger partial charge is 0.387 e. The number of hydrogen-bond donors (Lipinski definition) is 3. The van der Waals surface area contributed by atoms with Crippen LogP contribution in [0.4, 0.5) is 0 Å². The Hall–Kier alpha value is -2.84. The lowest BCUT2D eigenvalue weighted by molar-refractivity contribution is -0.870. The first-order valence-electron chi connectivity index (χ1n) is 28.3. The first-order valence-corrected chi connectivity index (χ1v) is 29.8. The van der Waals surface area contributed by atoms with Crippen LogP contribution in [0.25, 0.3) is 0 Å². The number of phosphoric ester groups is 1. The van der Waals surface area contributed by atoms with E-state index in [1.165, 1.54) is 103 Å². The topological polar surface area (TPSA) is 105 Å². The van der Waals surface area contributed by atoms with Crippen molar-refractivity contribution in [2.45, 2.75) is 231 Å². The van der Waals surface area contributed by atoms with E-state index in [9.17, 15) is 19.4 Å². The van der Waals surface area contributed by atoms with Crippen molar-refractivity contribution in [2.24, 2.45) is 0 Å². The average molecular weight is 997 g/mol. The Bertz CT molecular complexity index is 1500. The lowest BCUT2D eigenvalue weighted by atomic mass is 10.0. The standard InChI is InChI=1S/C61H107N2O6P/c1-6-8-10-12-14-16-18-20-21-22-23-24-25-26-27-28-29-30-31-32-33-34-35-36-37-38-39-40-41-43-45-47-49-51-53-55-61(65)62-59(58-69-70(66,67)68-57-56-63(3,4)5)60(64)54-52-50-48-46-44-42-19-17-15-13-11-9-7-2/h8,10,14,16,20-21,23-24,26-27,29-30,32-33,35-36,52,54,59-60,64H,6-7,9,11-13,15,17-19,22,25,28,31,34,37-51,53,55-58H2,1-5H3,(H-,62,65,66,67)/p+1/b10-8-,16-14-,21-20-,24-23-,27-26-,30-29-,33-32-,36-35-,54-52+. The summed E-state index contributed by atoms with van der Waals surface area (Å²) in [6.07, 6.45) is 74.7. The van der Waals surface area contributed by atoms with Crippen LogP contribution < -0.4 is 5.32 Å². The molecule has 70 heavy (non-hydrogen) atoms. The van der Waals surface area contributed by atoms with Crippen molar-refractivity contribution in [3.8, 4) is 0 Å². The van der Waals surface area contributed by atoms with Crippen molar-refractivity contribution in [3.63, 3.8) is 0 Å². The summed E-state index contributed by atoms with van der Waals surface area (Å²) in [7, 11) is 1.56. The first kappa shape index (κ1) is 67.2. The average Bonchev–Trinajstić information content (AvgIpc) is 3.32. The third-order valence-electron chi connectivity index (χ3n) is 12.0. The second-order valence-electron chi connectivity index (χ2n) is 19.9. The number of nitrogens with one attached hydrogen (secondary N) is 1. The van der Waals surface area contributed by atoms with Crippen molar-refractivity contribution >= 4 is 13.7 Å². The first-order chi connectivity index (χ1) is 34.0. The van der Waals surface area contributed by atoms with Crippen LogP contribution in [0, 0.1) is 0 Å². The number of hydrogen-bond acceptors (Lipinski definition) is 5. The number of carbonyl (C=O) groups is 1. The van der Waals surface area contributed by atoms with Gasteiger partial charge in [-0.1, -0.05) is 239 Å². The Morgan fingerprint density at radius 1 is 0.500 bits per heavy atom. The van der Waals surface area contributed by atoms with Gasteiger partial charge in [0.05, 0.1) is 39.9 Å². The van der Waals surface area contributed by atoms with E-state index in [0.29, 0.717) is 17.4 Å². The number of phosphoric acid groups is 1. The van der Waals surface area contributed by atoms with E-state index in [0.717, 1.165) is 96.3 Å². The summed E-state index contributed by atoms with van der Waals surface area (Å²) < 4.78 is 23.6. The van der Waals surface area contributed by atoms with E-state index in [1.54, 1.807) is 6.08 Å². The number of allylic oxidation sites excluding steroid dienone is 17. The number of likely N-dealkylation sites (N-methyl/N-ethyl adjacent to an activating group) is 1. The SMILES string of the molecule is CC/C=C\C/C=C\C/C=C\C/C=C\C/C=C\C/C=C\C/C=C\C/C=C\CCCCCCCCCCCCC(=O)NC(COP(=O)(O)OCC[N+](C)(C)C)C(O)/C=C/CCCCCCCCCCCCC. The number of carbonyl (C=O) groups excluding carboxylic acids is 1. The number of unbranched alkanes of at least 4 members (excludes halogenated alkanes) is 21. The molecule has 3 N–H and O–H groups in total. The molecule has 0 heterocycles. The van der Waals surface area contributed by atoms with Gasteiger partial charge in [0.15, 0.2) is 0 Å². The summed E-state index contributed by atoms with van der Waals surface area (Å²) in [5.74, 6) is -0.187. The van der Waals surface area contributed by atoms with Gasteiger partial charge in [-0.3, -0.25) is 13.8 Å². The van der Waals surface area contributed by atoms with Gasteiger partial charge in [0, 0.05) is 6.42 Å². The predicted octanol–water partition coefficient (Wildman–Crippen LogP) is 17.2. The molecule has 3 atom stereocenters. The molecule has 0 spiro atoms. The monoisotopic (exact) mass is 996 g/mol. The molecule has 0 aromatic carbocycles. The molecule has 3 unspecified atom stereocenters. The molecular formula is C61H108N2O6P+. The summed E-state index contributed by atoms with van der Waals surface area (Å²) in [5.41, 5.74) is 0. The number of amides is 1. The number of aliphatic hydroxyl groups excluding tert-OH is 1. The fourth-order valence-corrected chi connectivity index (χ4v) is 8.32. The molecule has 8 nitrogen and oxygen atoms in total. The fourth-order valence-electron chi connectivity index (χ4n) is 7.59. The van der Waals surface area contributed by atoms with E-state index in [4.69, 9.17) is 9.05 Å². The van der Waals surface area contributed by atoms with Crippen molar-refractivity contribution in [2.75, 3.05) is 40.9 Å². The highest BCUT2D eigenvalue weighted by molar-refractivity contribution is 7.47. The molecule has 402 valence electrons. The number of rotatable bonds is 50. The maximum Gasteiger partial charge on any atom is 0.472 e. The lowest BCUT2D eigenvalue weighted by Crippen LogP contribution is -2.45. The molecular weight excluding hydrogens is 888 g/mol. The molecule has 0 aliphatic rings. The van der Waals surface area contributed by atoms with Gasteiger partial charge >= 0.3 is 7.82 Å². The van der Waals surface area contributed by atoms with Crippen molar-refractivity contribution in [1.29, 1.82) is 0 Å². The molecule has 0 radical (unpaired) electrons. The fraction of sp³-hybridized carbons (Fsp3) is 0.689. The Kier molecular flexibility index (Phi) is 49.0. The molecule has 0 bridgehead atoms. The largest absolute Gasteiger partial charge is 0.472 e. The van der Waals surface area contributed by atoms with Crippen LogP contribution in [-0.2, 0) is 18.4 Å². The van der Waals surface area contributed by atoms with Gasteiger partial charge in [-0.15, -0.1) is 0 Å². The van der Waals surface area contributed by atoms with Crippen LogP contribution in [-0.4, -0.2) is 73.4 Å². The highest BCUT2D eigenvalue weighted by Gasteiger charge is 2.27. The molecule has 0 aromatic rings. The molecule has 9 heteroatoms. The van der Waals surface area contributed by atoms with Gasteiger partial charge in [0.25, 0.3) is 0 Å². The van der Waals surface area contributed by atoms with E-state index in [1.807, 2.05) is 27.2 Å². The molecule has 0 aromatic heterocycles. The molecule has 1 amide bonds. The minimum absolute atomic E-state index is 0.0559. The molecule has 0 rings (SSSR count). The van der Waals surface area contributed by atoms with Gasteiger partial charge < -0.3 is 19.8 Å². The van der Waals surface area contributed by atoms with Crippen LogP contribution in [0.1, 0.15) is 219 Å². The number of aliphatic hydroxyl groups is 1. The molecule has 0 aliphatic heterocycles. The van der Waals surface area contributed by atoms with Gasteiger partial charge in [-0.25, -0.2) is 4.57 Å². The zero-order chi connectivity index (χ0) is 51.3.